The van der Waals surface area contributed by atoms with Crippen LogP contribution >= 0.6 is 0 Å². The van der Waals surface area contributed by atoms with Crippen LogP contribution in [0.3, 0.4) is 0 Å². The Balaban J connectivity index is 4.34. The first-order chi connectivity index (χ1) is 10.6. The normalized spacial score (nSPS) is 12.3. The largest absolute Gasteiger partial charge is 0.397 e. The molecule has 0 aromatic carbocycles. The minimum absolute atomic E-state index is 0.493. The lowest BCUT2D eigenvalue weighted by molar-refractivity contribution is 0.278. The fourth-order valence-electron chi connectivity index (χ4n) is 2.07. The van der Waals surface area contributed by atoms with Crippen LogP contribution in [-0.4, -0.2) is 79.3 Å². The first-order valence-electron chi connectivity index (χ1n) is 7.30. The molecule has 0 saturated heterocycles. The van der Waals surface area contributed by atoms with Crippen LogP contribution in [0.15, 0.2) is 0 Å². The van der Waals surface area contributed by atoms with Crippen molar-refractivity contribution in [1.29, 1.82) is 0 Å². The molecule has 22 heavy (non-hydrogen) atoms. The van der Waals surface area contributed by atoms with Gasteiger partial charge in [0, 0.05) is 51.5 Å². The molecule has 6 nitrogen and oxygen atoms in total. The predicted molar refractivity (Wildman–Crippen MR) is 93.9 cm³/mol. The van der Waals surface area contributed by atoms with Gasteiger partial charge in [0.1, 0.15) is 0 Å². The van der Waals surface area contributed by atoms with Crippen LogP contribution in [0.4, 0.5) is 0 Å². The van der Waals surface area contributed by atoms with Crippen molar-refractivity contribution in [2.45, 2.75) is 36.3 Å². The van der Waals surface area contributed by atoms with Crippen LogP contribution in [0.1, 0.15) is 0 Å². The summed E-state index contributed by atoms with van der Waals surface area (Å²) < 4.78 is 32.4. The minimum atomic E-state index is -1.10. The van der Waals surface area contributed by atoms with Crippen LogP contribution in [0.2, 0.25) is 36.3 Å². The molecule has 0 aromatic rings. The maximum absolute atomic E-state index is 5.40. The molecule has 0 aliphatic rings. The molecule has 130 valence electrons. The first kappa shape index (κ1) is 22.6. The van der Waals surface area contributed by atoms with Gasteiger partial charge in [0.2, 0.25) is 0 Å². The quantitative estimate of drug-likeness (QED) is 0.403. The van der Waals surface area contributed by atoms with E-state index < -0.39 is 36.6 Å². The maximum Gasteiger partial charge on any atom is 0.383 e. The molecule has 0 fully saturated rings. The van der Waals surface area contributed by atoms with Crippen LogP contribution in [0.5, 0.6) is 0 Å². The summed E-state index contributed by atoms with van der Waals surface area (Å²) in [7, 11) is 6.62. The smallest absolute Gasteiger partial charge is 0.383 e. The van der Waals surface area contributed by atoms with Gasteiger partial charge in [-0.1, -0.05) is 18.1 Å². The van der Waals surface area contributed by atoms with Gasteiger partial charge in [-0.3, -0.25) is 0 Å². The van der Waals surface area contributed by atoms with E-state index in [1.807, 2.05) is 0 Å². The first-order valence-corrected chi connectivity index (χ1v) is 14.0. The summed E-state index contributed by atoms with van der Waals surface area (Å²) in [5.74, 6) is 0. The monoisotopic (exact) mass is 382 g/mol. The highest BCUT2D eigenvalue weighted by molar-refractivity contribution is 6.64. The second-order valence-corrected chi connectivity index (χ2v) is 13.8. The van der Waals surface area contributed by atoms with E-state index in [0.717, 1.165) is 18.1 Å². The van der Waals surface area contributed by atoms with Gasteiger partial charge in [-0.05, 0) is 18.1 Å². The van der Waals surface area contributed by atoms with Gasteiger partial charge in [0.05, 0.1) is 0 Å². The van der Waals surface area contributed by atoms with E-state index in [1.165, 1.54) is 18.1 Å². The molecule has 0 unspecified atom stereocenters. The molecular weight excluding hydrogens is 352 g/mol. The minimum Gasteiger partial charge on any atom is -0.397 e. The SMILES string of the molecule is CO[Si](CC[Si](CC[Si](OC)OC)CC[Si](OC)OC)OC. The summed E-state index contributed by atoms with van der Waals surface area (Å²) in [4.78, 5) is 0. The molecule has 0 aromatic heterocycles. The zero-order valence-electron chi connectivity index (χ0n) is 14.7. The van der Waals surface area contributed by atoms with Gasteiger partial charge in [-0.15, -0.1) is 0 Å². The van der Waals surface area contributed by atoms with Gasteiger partial charge in [0.15, 0.2) is 0 Å². The Hall–Kier alpha value is 0.628. The molecule has 10 heteroatoms. The molecule has 0 amide bonds. The molecule has 0 heterocycles. The predicted octanol–water partition coefficient (Wildman–Crippen LogP) is 1.82. The Morgan fingerprint density at radius 2 is 0.636 bits per heavy atom. The van der Waals surface area contributed by atoms with Crippen LogP contribution in [0.25, 0.3) is 0 Å². The zero-order valence-corrected chi connectivity index (χ0v) is 18.7. The molecule has 0 rings (SSSR count). The van der Waals surface area contributed by atoms with Gasteiger partial charge in [-0.25, -0.2) is 0 Å². The summed E-state index contributed by atoms with van der Waals surface area (Å²) >= 11 is 0. The Labute approximate surface area is 142 Å². The van der Waals surface area contributed by atoms with Crippen molar-refractivity contribution in [3.63, 3.8) is 0 Å². The van der Waals surface area contributed by atoms with E-state index >= 15 is 0 Å². The molecule has 0 aliphatic carbocycles. The molecule has 0 atom stereocenters. The summed E-state index contributed by atoms with van der Waals surface area (Å²) in [6, 6.07) is 6.71. The van der Waals surface area contributed by atoms with E-state index in [-0.39, 0.29) is 0 Å². The van der Waals surface area contributed by atoms with Crippen molar-refractivity contribution in [3.05, 3.63) is 0 Å². The maximum atomic E-state index is 5.40. The molecule has 0 saturated carbocycles. The van der Waals surface area contributed by atoms with Crippen LogP contribution in [-0.2, 0) is 26.6 Å². The third kappa shape index (κ3) is 10.4. The molecule has 0 spiro atoms. The topological polar surface area (TPSA) is 55.4 Å². The lowest BCUT2D eigenvalue weighted by Gasteiger charge is -2.19. The summed E-state index contributed by atoms with van der Waals surface area (Å²) in [6.45, 7) is 0. The van der Waals surface area contributed by atoms with Crippen molar-refractivity contribution in [1.82, 2.24) is 0 Å². The van der Waals surface area contributed by atoms with Crippen molar-refractivity contribution in [2.24, 2.45) is 0 Å². The Kier molecular flexibility index (Phi) is 15.6. The van der Waals surface area contributed by atoms with Gasteiger partial charge >= 0.3 is 27.9 Å². The molecule has 0 N–H and O–H groups in total. The van der Waals surface area contributed by atoms with Crippen molar-refractivity contribution in [2.75, 3.05) is 42.7 Å². The second-order valence-electron chi connectivity index (χ2n) is 4.59. The van der Waals surface area contributed by atoms with Crippen LogP contribution in [0, 0.1) is 0 Å². The highest BCUT2D eigenvalue weighted by atomic mass is 28.3. The lowest BCUT2D eigenvalue weighted by Crippen LogP contribution is -2.27. The fraction of sp³-hybridized carbons (Fsp3) is 1.00. The van der Waals surface area contributed by atoms with Crippen LogP contribution < -0.4 is 0 Å². The van der Waals surface area contributed by atoms with E-state index in [4.69, 9.17) is 26.6 Å². The van der Waals surface area contributed by atoms with E-state index in [0.29, 0.717) is 0 Å². The second kappa shape index (κ2) is 15.2. The molecular formula is C12H30O6Si4. The number of rotatable bonds is 15. The molecule has 0 aliphatic heterocycles. The standard InChI is InChI=1S/C12H30O6Si4/c1-13-20(14-2)10-7-19(8-11-21(15-3)16-4)9-12-22(17-5)18-6/h7-12H2,1-6H3. The van der Waals surface area contributed by atoms with Gasteiger partial charge < -0.3 is 26.6 Å². The van der Waals surface area contributed by atoms with E-state index in [1.54, 1.807) is 42.7 Å². The third-order valence-corrected chi connectivity index (χ3v) is 12.5. The zero-order chi connectivity index (χ0) is 16.8. The Morgan fingerprint density at radius 1 is 0.409 bits per heavy atom. The van der Waals surface area contributed by atoms with Crippen molar-refractivity contribution in [3.8, 4) is 0 Å². The highest BCUT2D eigenvalue weighted by Crippen LogP contribution is 2.19. The van der Waals surface area contributed by atoms with Gasteiger partial charge in [0.25, 0.3) is 0 Å². The number of hydrogen-bond donors (Lipinski definition) is 0. The number of hydrogen-bond acceptors (Lipinski definition) is 6. The Morgan fingerprint density at radius 3 is 0.818 bits per heavy atom. The summed E-state index contributed by atoms with van der Waals surface area (Å²) in [6.07, 6.45) is 0. The molecule has 4 radical (unpaired) electrons. The Bertz CT molecular complexity index is 202. The average molecular weight is 383 g/mol. The summed E-state index contributed by atoms with van der Waals surface area (Å²) in [5, 5.41) is 0. The highest BCUT2D eigenvalue weighted by Gasteiger charge is 2.23. The van der Waals surface area contributed by atoms with E-state index in [2.05, 4.69) is 0 Å². The lowest BCUT2D eigenvalue weighted by atomic mass is 10.9. The average Bonchev–Trinajstić information content (AvgIpc) is 2.56. The van der Waals surface area contributed by atoms with Crippen molar-refractivity contribution < 1.29 is 26.6 Å². The fourth-order valence-corrected chi connectivity index (χ4v) is 11.2. The summed E-state index contributed by atoms with van der Waals surface area (Å²) in [5.41, 5.74) is 0. The van der Waals surface area contributed by atoms with E-state index in [9.17, 15) is 0 Å². The molecule has 0 bridgehead atoms. The third-order valence-electron chi connectivity index (χ3n) is 3.41. The van der Waals surface area contributed by atoms with Gasteiger partial charge in [-0.2, -0.15) is 0 Å². The van der Waals surface area contributed by atoms with Crippen molar-refractivity contribution >= 4 is 36.6 Å².